The normalized spacial score (nSPS) is 11.6. The number of aromatic nitrogens is 6. The molecule has 0 spiro atoms. The Labute approximate surface area is 778 Å². The number of hydrogen-bond donors (Lipinski definition) is 0. The molecule has 9 heterocycles. The third-order valence-corrected chi connectivity index (χ3v) is 28.1. The molecule has 0 saturated carbocycles. The molecule has 0 fully saturated rings. The Hall–Kier alpha value is -19.1. The van der Waals surface area contributed by atoms with Crippen LogP contribution in [-0.4, -0.2) is 28.7 Å². The van der Waals surface area contributed by atoms with Crippen LogP contribution in [0.1, 0.15) is 27.8 Å². The van der Waals surface area contributed by atoms with E-state index in [1.165, 1.54) is 63.3 Å². The Morgan fingerprint density at radius 3 is 1.26 bits per heavy atom. The Kier molecular flexibility index (Phi) is 17.8. The minimum Gasteiger partial charge on any atom is -0.456 e. The third-order valence-electron chi connectivity index (χ3n) is 27.0. The number of fused-ring (bicyclic) bond motifs is 27. The molecule has 0 unspecified atom stereocenters. The van der Waals surface area contributed by atoms with E-state index < -0.39 is 0 Å². The minimum atomic E-state index is 0.266. The zero-order valence-corrected chi connectivity index (χ0v) is 73.0. The summed E-state index contributed by atoms with van der Waals surface area (Å²) in [6, 6.07) is 147. The van der Waals surface area contributed by atoms with Gasteiger partial charge in [0.2, 0.25) is 0 Å². The van der Waals surface area contributed by atoms with E-state index in [-0.39, 0.29) is 11.1 Å². The molecule has 0 aliphatic carbocycles. The highest BCUT2D eigenvalue weighted by atomic mass is 32.1. The molecule has 9 aromatic heterocycles. The number of pyridine rings is 3. The molecule has 0 atom stereocenters. The molecule has 28 rings (SSSR count). The van der Waals surface area contributed by atoms with E-state index in [0.717, 1.165) is 160 Å². The number of thiophene rings is 1. The zero-order valence-electron chi connectivity index (χ0n) is 72.2. The van der Waals surface area contributed by atoms with Crippen LogP contribution in [0, 0.1) is 56.7 Å². The number of benzene rings is 19. The van der Waals surface area contributed by atoms with Gasteiger partial charge >= 0.3 is 0 Å². The second kappa shape index (κ2) is 31.1. The fraction of sp³-hybridized carbons (Fsp3) is 0. The maximum absolute atomic E-state index is 10.3. The van der Waals surface area contributed by atoms with Crippen molar-refractivity contribution < 1.29 is 8.83 Å². The van der Waals surface area contributed by atoms with Crippen LogP contribution in [-0.2, 0) is 0 Å². The first-order valence-corrected chi connectivity index (χ1v) is 45.5. The molecule has 0 aliphatic heterocycles. The Morgan fingerprint density at radius 1 is 0.235 bits per heavy atom. The Bertz CT molecular complexity index is 9940. The average molecular weight is 1750 g/mol. The molecule has 0 radical (unpaired) electrons. The van der Waals surface area contributed by atoms with Crippen LogP contribution in [0.4, 0.5) is 0 Å². The molecule has 19 aromatic carbocycles. The summed E-state index contributed by atoms with van der Waals surface area (Å²) in [5, 5.41) is 73.8. The Balaban J connectivity index is 0.000000106. The van der Waals surface area contributed by atoms with E-state index in [2.05, 4.69) is 296 Å². The third kappa shape index (κ3) is 12.2. The molecule has 0 amide bonds. The highest BCUT2D eigenvalue weighted by Gasteiger charge is 2.27. The van der Waals surface area contributed by atoms with Gasteiger partial charge in [0.05, 0.1) is 78.1 Å². The van der Waals surface area contributed by atoms with Gasteiger partial charge in [-0.1, -0.05) is 261 Å². The van der Waals surface area contributed by atoms with E-state index in [4.69, 9.17) is 23.8 Å². The summed E-state index contributed by atoms with van der Waals surface area (Å²) in [7, 11) is 0. The molecule has 14 heteroatoms. The van der Waals surface area contributed by atoms with Gasteiger partial charge < -0.3 is 13.4 Å². The van der Waals surface area contributed by atoms with Crippen LogP contribution < -0.4 is 0 Å². The van der Waals surface area contributed by atoms with Gasteiger partial charge in [0.1, 0.15) is 57.7 Å². The quantitative estimate of drug-likeness (QED) is 0.148. The molecular weight excluding hydrogens is 1680 g/mol. The summed E-state index contributed by atoms with van der Waals surface area (Å²) >= 11 is 1.83. The molecule has 0 aliphatic rings. The van der Waals surface area contributed by atoms with Crippen molar-refractivity contribution in [2.24, 2.45) is 0 Å². The molecule has 28 aromatic rings. The van der Waals surface area contributed by atoms with Gasteiger partial charge in [0.15, 0.2) is 11.6 Å². The maximum Gasteiger partial charge on any atom is 0.157 e. The van der Waals surface area contributed by atoms with E-state index in [9.17, 15) is 26.3 Å². The molecule has 13 nitrogen and oxygen atoms in total. The van der Waals surface area contributed by atoms with E-state index in [1.807, 2.05) is 154 Å². The van der Waals surface area contributed by atoms with Crippen molar-refractivity contribution >= 4 is 206 Å². The van der Waals surface area contributed by atoms with Crippen molar-refractivity contribution in [1.29, 1.82) is 26.3 Å². The van der Waals surface area contributed by atoms with Gasteiger partial charge in [-0.15, -0.1) is 11.3 Å². The van der Waals surface area contributed by atoms with Crippen molar-refractivity contribution in [3.63, 3.8) is 0 Å². The predicted molar refractivity (Wildman–Crippen MR) is 554 cm³/mol. The van der Waals surface area contributed by atoms with Gasteiger partial charge in [-0.2, -0.15) is 26.3 Å². The van der Waals surface area contributed by atoms with Crippen molar-refractivity contribution in [1.82, 2.24) is 28.7 Å². The van der Waals surface area contributed by atoms with E-state index >= 15 is 0 Å². The lowest BCUT2D eigenvalue weighted by molar-refractivity contribution is 0.669. The summed E-state index contributed by atoms with van der Waals surface area (Å²) in [6.45, 7) is 0. The van der Waals surface area contributed by atoms with Crippen molar-refractivity contribution in [3.8, 4) is 92.3 Å². The lowest BCUT2D eigenvalue weighted by Gasteiger charge is -2.12. The second-order valence-corrected chi connectivity index (χ2v) is 35.3. The van der Waals surface area contributed by atoms with Crippen LogP contribution in [0.15, 0.2) is 403 Å². The number of furan rings is 2. The van der Waals surface area contributed by atoms with Crippen LogP contribution in [0.3, 0.4) is 0 Å². The molecule has 0 bridgehead atoms. The first-order valence-electron chi connectivity index (χ1n) is 44.7. The average Bonchev–Trinajstić information content (AvgIpc) is 1.57. The molecular formula is C122H65N11O2S. The monoisotopic (exact) mass is 1750 g/mol. The number of para-hydroxylation sites is 7. The Morgan fingerprint density at radius 2 is 0.654 bits per heavy atom. The van der Waals surface area contributed by atoms with Gasteiger partial charge in [-0.25, -0.2) is 15.0 Å². The summed E-state index contributed by atoms with van der Waals surface area (Å²) in [4.78, 5) is 14.8. The number of hydrogen-bond acceptors (Lipinski definition) is 11. The summed E-state index contributed by atoms with van der Waals surface area (Å²) in [5.41, 5.74) is 23.0. The van der Waals surface area contributed by atoms with Crippen LogP contribution in [0.25, 0.3) is 256 Å². The van der Waals surface area contributed by atoms with Gasteiger partial charge in [-0.05, 0) is 194 Å². The molecule has 0 saturated heterocycles. The van der Waals surface area contributed by atoms with Gasteiger partial charge in [0, 0.05) is 107 Å². The highest BCUT2D eigenvalue weighted by molar-refractivity contribution is 7.26. The SMILES string of the molecule is N#Cc1c(-n2c3ccccc3c3cc(-c4ccc5oc6ccc7ccccc7c6c5c4)ccc32)nc2ccccc2c1C#N.N#Cc1c(-n2c3ccccc3c3cc(-c4ccc5sc6ccc7ccccc7c6c5c4)ccc32)nc2ccccc2c1C#N.N#Cc1cc(-c2ccc(-n3c4ccc(-c5cccc6c5oc5ccccc56)cc4c4c5ccccc5ccc43)cc2)nc2ccccc12. The number of rotatable bonds is 7. The predicted octanol–water partition coefficient (Wildman–Crippen LogP) is 31.6. The maximum atomic E-state index is 10.3. The second-order valence-electron chi connectivity index (χ2n) is 34.2. The fourth-order valence-corrected chi connectivity index (χ4v) is 21.9. The lowest BCUT2D eigenvalue weighted by Crippen LogP contribution is -2.04. The smallest absolute Gasteiger partial charge is 0.157 e. The summed E-state index contributed by atoms with van der Waals surface area (Å²) < 4.78 is 21.6. The van der Waals surface area contributed by atoms with Crippen LogP contribution in [0.5, 0.6) is 0 Å². The standard InChI is InChI=1S/C44H25N3O.C39H20N4O.C39H20N4S/c45-26-30-25-39(46-38-14-5-3-9-32(30)38)28-16-20-31(21-17-28)47-40-22-19-29(24-37(40)43-33-10-2-1-8-27(33)18-23-41(43)47)34-12-7-13-36-35-11-4-6-15-42(35)48-44(34)36;2*40-21-31-27-9-3-5-11-33(27)42-39(32(31)22-41)43-34-12-6-4-10-28(34)29-19-24(13-16-35(29)43)25-15-17-36-30(20-25)38-26-8-2-1-7-23(26)14-18-37(38)44-36/h1-25H;2*1-20H. The van der Waals surface area contributed by atoms with E-state index in [1.54, 1.807) is 0 Å². The molecule has 626 valence electrons. The van der Waals surface area contributed by atoms with Crippen LogP contribution in [0.2, 0.25) is 0 Å². The first-order chi connectivity index (χ1) is 67.2. The molecule has 0 N–H and O–H groups in total. The van der Waals surface area contributed by atoms with Crippen molar-refractivity contribution in [2.45, 2.75) is 0 Å². The number of nitrogens with zero attached hydrogens (tertiary/aromatic N) is 11. The lowest BCUT2D eigenvalue weighted by atomic mass is 9.99. The number of nitriles is 5. The minimum absolute atomic E-state index is 0.266. The van der Waals surface area contributed by atoms with E-state index in [0.29, 0.717) is 50.1 Å². The highest BCUT2D eigenvalue weighted by Crippen LogP contribution is 2.48. The van der Waals surface area contributed by atoms with Crippen LogP contribution >= 0.6 is 11.3 Å². The first kappa shape index (κ1) is 77.9. The fourth-order valence-electron chi connectivity index (χ4n) is 20.8. The summed E-state index contributed by atoms with van der Waals surface area (Å²) in [5.74, 6) is 0.930. The van der Waals surface area contributed by atoms with Crippen molar-refractivity contribution in [3.05, 3.63) is 422 Å². The topological polar surface area (TPSA) is 199 Å². The van der Waals surface area contributed by atoms with Gasteiger partial charge in [-0.3, -0.25) is 9.13 Å². The largest absolute Gasteiger partial charge is 0.456 e. The summed E-state index contributed by atoms with van der Waals surface area (Å²) in [6.07, 6.45) is 0. The zero-order chi connectivity index (χ0) is 90.5. The van der Waals surface area contributed by atoms with Gasteiger partial charge in [0.25, 0.3) is 0 Å². The van der Waals surface area contributed by atoms with Crippen molar-refractivity contribution in [2.75, 3.05) is 0 Å². The molecule has 136 heavy (non-hydrogen) atoms.